The first kappa shape index (κ1) is 19.6. The van der Waals surface area contributed by atoms with Gasteiger partial charge < -0.3 is 19.9 Å². The van der Waals surface area contributed by atoms with E-state index >= 15 is 0 Å². The van der Waals surface area contributed by atoms with Crippen LogP contribution in [0, 0.1) is 13.8 Å². The van der Waals surface area contributed by atoms with E-state index in [0.717, 1.165) is 16.8 Å². The molecule has 2 heterocycles. The fourth-order valence-electron chi connectivity index (χ4n) is 3.18. The second-order valence-electron chi connectivity index (χ2n) is 6.78. The molecule has 2 aromatic rings. The Hall–Kier alpha value is -3.16. The SMILES string of the molecule is CCOC(=O)N1CCN(C(=O)c2ccc(Nc3cc(C)cc(C)c3)nn2)CC1. The highest BCUT2D eigenvalue weighted by molar-refractivity contribution is 5.92. The van der Waals surface area contributed by atoms with Gasteiger partial charge in [-0.3, -0.25) is 4.79 Å². The second kappa shape index (κ2) is 8.69. The normalized spacial score (nSPS) is 14.0. The number of carbonyl (C=O) groups is 2. The number of piperazine rings is 1. The molecule has 0 bridgehead atoms. The molecule has 1 saturated heterocycles. The van der Waals surface area contributed by atoms with Crippen molar-refractivity contribution in [1.29, 1.82) is 0 Å². The molecule has 0 spiro atoms. The van der Waals surface area contributed by atoms with Gasteiger partial charge in [0.25, 0.3) is 5.91 Å². The summed E-state index contributed by atoms with van der Waals surface area (Å²) >= 11 is 0. The molecule has 0 radical (unpaired) electrons. The lowest BCUT2D eigenvalue weighted by molar-refractivity contribution is 0.0565. The van der Waals surface area contributed by atoms with E-state index in [0.29, 0.717) is 38.6 Å². The maximum atomic E-state index is 12.6. The van der Waals surface area contributed by atoms with Gasteiger partial charge in [-0.05, 0) is 56.2 Å². The number of ether oxygens (including phenoxy) is 1. The van der Waals surface area contributed by atoms with E-state index in [4.69, 9.17) is 4.74 Å². The van der Waals surface area contributed by atoms with Crippen molar-refractivity contribution in [3.8, 4) is 0 Å². The first-order valence-electron chi connectivity index (χ1n) is 9.36. The van der Waals surface area contributed by atoms with Gasteiger partial charge in [-0.1, -0.05) is 6.07 Å². The average Bonchev–Trinajstić information content (AvgIpc) is 2.67. The summed E-state index contributed by atoms with van der Waals surface area (Å²) < 4.78 is 4.99. The van der Waals surface area contributed by atoms with Crippen LogP contribution in [0.4, 0.5) is 16.3 Å². The van der Waals surface area contributed by atoms with E-state index in [1.807, 2.05) is 26.0 Å². The quantitative estimate of drug-likeness (QED) is 0.873. The summed E-state index contributed by atoms with van der Waals surface area (Å²) in [5.41, 5.74) is 3.53. The molecule has 0 aliphatic carbocycles. The number of amides is 2. The van der Waals surface area contributed by atoms with Crippen LogP contribution < -0.4 is 5.32 Å². The van der Waals surface area contributed by atoms with E-state index in [1.165, 1.54) is 0 Å². The van der Waals surface area contributed by atoms with Crippen molar-refractivity contribution in [2.75, 3.05) is 38.1 Å². The Morgan fingerprint density at radius 2 is 1.64 bits per heavy atom. The minimum absolute atomic E-state index is 0.186. The fraction of sp³-hybridized carbons (Fsp3) is 0.400. The largest absolute Gasteiger partial charge is 0.450 e. The summed E-state index contributed by atoms with van der Waals surface area (Å²) in [6.07, 6.45) is -0.337. The van der Waals surface area contributed by atoms with Crippen LogP contribution in [0.2, 0.25) is 0 Å². The molecule has 0 saturated carbocycles. The van der Waals surface area contributed by atoms with Crippen LogP contribution >= 0.6 is 0 Å². The Bertz CT molecular complexity index is 825. The zero-order valence-electron chi connectivity index (χ0n) is 16.4. The first-order chi connectivity index (χ1) is 13.5. The number of hydrogen-bond donors (Lipinski definition) is 1. The third kappa shape index (κ3) is 4.76. The minimum Gasteiger partial charge on any atom is -0.450 e. The monoisotopic (exact) mass is 383 g/mol. The molecule has 28 heavy (non-hydrogen) atoms. The maximum Gasteiger partial charge on any atom is 0.409 e. The summed E-state index contributed by atoms with van der Waals surface area (Å²) in [7, 11) is 0. The number of hydrogen-bond acceptors (Lipinski definition) is 6. The van der Waals surface area contributed by atoms with E-state index in [1.54, 1.807) is 28.9 Å². The Morgan fingerprint density at radius 3 is 2.21 bits per heavy atom. The van der Waals surface area contributed by atoms with Crippen molar-refractivity contribution in [2.24, 2.45) is 0 Å². The number of benzene rings is 1. The third-order valence-electron chi connectivity index (χ3n) is 4.47. The van der Waals surface area contributed by atoms with E-state index in [2.05, 4.69) is 21.6 Å². The van der Waals surface area contributed by atoms with Crippen molar-refractivity contribution < 1.29 is 14.3 Å². The number of rotatable bonds is 4. The number of anilines is 2. The molecular weight excluding hydrogens is 358 g/mol. The minimum atomic E-state index is -0.337. The average molecular weight is 383 g/mol. The van der Waals surface area contributed by atoms with E-state index in [-0.39, 0.29) is 17.7 Å². The molecule has 148 valence electrons. The summed E-state index contributed by atoms with van der Waals surface area (Å²) in [4.78, 5) is 27.7. The summed E-state index contributed by atoms with van der Waals surface area (Å²) in [6, 6.07) is 9.55. The molecule has 8 heteroatoms. The number of aromatic nitrogens is 2. The van der Waals surface area contributed by atoms with Crippen molar-refractivity contribution >= 4 is 23.5 Å². The lowest BCUT2D eigenvalue weighted by Gasteiger charge is -2.33. The van der Waals surface area contributed by atoms with Gasteiger partial charge in [-0.2, -0.15) is 0 Å². The van der Waals surface area contributed by atoms with Gasteiger partial charge in [-0.25, -0.2) is 4.79 Å². The van der Waals surface area contributed by atoms with Gasteiger partial charge in [0.1, 0.15) is 0 Å². The molecule has 1 aromatic heterocycles. The number of aryl methyl sites for hydroxylation is 2. The Kier molecular flexibility index (Phi) is 6.08. The second-order valence-corrected chi connectivity index (χ2v) is 6.78. The molecule has 8 nitrogen and oxygen atoms in total. The first-order valence-corrected chi connectivity index (χ1v) is 9.36. The fourth-order valence-corrected chi connectivity index (χ4v) is 3.18. The highest BCUT2D eigenvalue weighted by atomic mass is 16.6. The zero-order chi connectivity index (χ0) is 20.1. The van der Waals surface area contributed by atoms with E-state index < -0.39 is 0 Å². The molecule has 1 aliphatic heterocycles. The lowest BCUT2D eigenvalue weighted by Crippen LogP contribution is -2.50. The number of carbonyl (C=O) groups excluding carboxylic acids is 2. The molecule has 1 fully saturated rings. The molecule has 0 atom stereocenters. The highest BCUT2D eigenvalue weighted by Crippen LogP contribution is 2.18. The zero-order valence-corrected chi connectivity index (χ0v) is 16.4. The Balaban J connectivity index is 1.59. The smallest absolute Gasteiger partial charge is 0.409 e. The maximum absolute atomic E-state index is 12.6. The molecule has 1 N–H and O–H groups in total. The molecule has 1 aliphatic rings. The van der Waals surface area contributed by atoms with Gasteiger partial charge in [0.15, 0.2) is 11.5 Å². The van der Waals surface area contributed by atoms with Crippen LogP contribution in [0.3, 0.4) is 0 Å². The van der Waals surface area contributed by atoms with Crippen molar-refractivity contribution in [3.05, 3.63) is 47.2 Å². The van der Waals surface area contributed by atoms with Crippen LogP contribution in [0.1, 0.15) is 28.5 Å². The van der Waals surface area contributed by atoms with Crippen LogP contribution in [0.15, 0.2) is 30.3 Å². The summed E-state index contributed by atoms with van der Waals surface area (Å²) in [5.74, 6) is 0.391. The van der Waals surface area contributed by atoms with Gasteiger partial charge in [0.2, 0.25) is 0 Å². The standard InChI is InChI=1S/C20H25N5O3/c1-4-28-20(27)25-9-7-24(8-10-25)19(26)17-5-6-18(23-22-17)21-16-12-14(2)11-15(3)13-16/h5-6,11-13H,4,7-10H2,1-3H3,(H,21,23). The van der Waals surface area contributed by atoms with Crippen molar-refractivity contribution in [2.45, 2.75) is 20.8 Å². The molecule has 1 aromatic carbocycles. The van der Waals surface area contributed by atoms with Gasteiger partial charge in [0, 0.05) is 31.9 Å². The van der Waals surface area contributed by atoms with Gasteiger partial charge in [-0.15, -0.1) is 10.2 Å². The summed E-state index contributed by atoms with van der Waals surface area (Å²) in [6.45, 7) is 7.98. The van der Waals surface area contributed by atoms with Crippen LogP contribution in [-0.2, 0) is 4.74 Å². The third-order valence-corrected chi connectivity index (χ3v) is 4.47. The van der Waals surface area contributed by atoms with Crippen molar-refractivity contribution in [3.63, 3.8) is 0 Å². The van der Waals surface area contributed by atoms with Crippen LogP contribution in [0.5, 0.6) is 0 Å². The highest BCUT2D eigenvalue weighted by Gasteiger charge is 2.26. The predicted molar refractivity (Wildman–Crippen MR) is 106 cm³/mol. The number of nitrogens with one attached hydrogen (secondary N) is 1. The molecule has 3 rings (SSSR count). The predicted octanol–water partition coefficient (Wildman–Crippen LogP) is 2.75. The lowest BCUT2D eigenvalue weighted by atomic mass is 10.1. The Labute approximate surface area is 164 Å². The number of nitrogens with zero attached hydrogens (tertiary/aromatic N) is 4. The van der Waals surface area contributed by atoms with E-state index in [9.17, 15) is 9.59 Å². The molecule has 2 amide bonds. The molecule has 0 unspecified atom stereocenters. The Morgan fingerprint density at radius 1 is 1.00 bits per heavy atom. The molecular formula is C20H25N5O3. The topological polar surface area (TPSA) is 87.7 Å². The summed E-state index contributed by atoms with van der Waals surface area (Å²) in [5, 5.41) is 11.4. The van der Waals surface area contributed by atoms with Crippen LogP contribution in [-0.4, -0.2) is 64.8 Å². The van der Waals surface area contributed by atoms with Crippen LogP contribution in [0.25, 0.3) is 0 Å². The van der Waals surface area contributed by atoms with Crippen molar-refractivity contribution in [1.82, 2.24) is 20.0 Å². The van der Waals surface area contributed by atoms with Gasteiger partial charge >= 0.3 is 6.09 Å². The van der Waals surface area contributed by atoms with Gasteiger partial charge in [0.05, 0.1) is 6.61 Å².